The SMILES string of the molecule is CCOC(=O)N[C@H]1CCCN(C(=O)CCN2C(=O)COc3ccccc32)C1. The number of anilines is 1. The first-order valence-corrected chi connectivity index (χ1v) is 9.31. The largest absolute Gasteiger partial charge is 0.482 e. The second kappa shape index (κ2) is 8.75. The Balaban J connectivity index is 1.55. The van der Waals surface area contributed by atoms with Crippen molar-refractivity contribution in [2.75, 3.05) is 37.7 Å². The monoisotopic (exact) mass is 375 g/mol. The Bertz CT molecular complexity index is 708. The zero-order valence-corrected chi connectivity index (χ0v) is 15.5. The molecule has 2 heterocycles. The molecule has 0 spiro atoms. The van der Waals surface area contributed by atoms with Gasteiger partial charge in [0.25, 0.3) is 5.91 Å². The molecule has 2 aliphatic rings. The molecule has 8 heteroatoms. The standard InChI is InChI=1S/C19H25N3O5/c1-2-26-19(25)20-14-6-5-10-21(12-14)17(23)9-11-22-15-7-3-4-8-16(15)27-13-18(22)24/h3-4,7-8,14H,2,5-6,9-13H2,1H3,(H,20,25)/t14-/m0/s1. The van der Waals surface area contributed by atoms with Gasteiger partial charge in [0.2, 0.25) is 5.91 Å². The molecule has 1 aromatic rings. The van der Waals surface area contributed by atoms with E-state index < -0.39 is 6.09 Å². The Morgan fingerprint density at radius 1 is 1.33 bits per heavy atom. The number of nitrogens with zero attached hydrogens (tertiary/aromatic N) is 2. The van der Waals surface area contributed by atoms with E-state index in [-0.39, 0.29) is 30.9 Å². The van der Waals surface area contributed by atoms with Gasteiger partial charge in [-0.05, 0) is 31.9 Å². The number of fused-ring (bicyclic) bond motifs is 1. The molecule has 27 heavy (non-hydrogen) atoms. The van der Waals surface area contributed by atoms with Crippen LogP contribution in [0.15, 0.2) is 24.3 Å². The van der Waals surface area contributed by atoms with Crippen molar-refractivity contribution in [1.29, 1.82) is 0 Å². The number of hydrogen-bond donors (Lipinski definition) is 1. The van der Waals surface area contributed by atoms with Crippen molar-refractivity contribution < 1.29 is 23.9 Å². The van der Waals surface area contributed by atoms with Gasteiger partial charge in [-0.3, -0.25) is 9.59 Å². The Morgan fingerprint density at radius 3 is 2.96 bits per heavy atom. The van der Waals surface area contributed by atoms with Crippen LogP contribution in [0.5, 0.6) is 5.75 Å². The molecular formula is C19H25N3O5. The summed E-state index contributed by atoms with van der Waals surface area (Å²) in [6.45, 7) is 3.49. The number of nitrogens with one attached hydrogen (secondary N) is 1. The van der Waals surface area contributed by atoms with Gasteiger partial charge in [0.05, 0.1) is 12.3 Å². The number of hydrogen-bond acceptors (Lipinski definition) is 5. The number of carbonyl (C=O) groups is 3. The molecule has 3 rings (SSSR count). The molecule has 0 radical (unpaired) electrons. The molecule has 1 atom stereocenters. The Labute approximate surface area is 158 Å². The van der Waals surface area contributed by atoms with Gasteiger partial charge in [0.1, 0.15) is 5.75 Å². The third-order valence-corrected chi connectivity index (χ3v) is 4.73. The first-order chi connectivity index (χ1) is 13.1. The second-order valence-corrected chi connectivity index (χ2v) is 6.60. The first kappa shape index (κ1) is 19.0. The molecule has 0 aliphatic carbocycles. The van der Waals surface area contributed by atoms with E-state index in [2.05, 4.69) is 5.32 Å². The van der Waals surface area contributed by atoms with E-state index in [1.807, 2.05) is 24.3 Å². The number of benzene rings is 1. The average molecular weight is 375 g/mol. The topological polar surface area (TPSA) is 88.2 Å². The summed E-state index contributed by atoms with van der Waals surface area (Å²) in [5, 5.41) is 2.79. The van der Waals surface area contributed by atoms with Crippen molar-refractivity contribution in [3.8, 4) is 5.75 Å². The predicted octanol–water partition coefficient (Wildman–Crippen LogP) is 1.54. The molecule has 0 aromatic heterocycles. The lowest BCUT2D eigenvalue weighted by Gasteiger charge is -2.34. The van der Waals surface area contributed by atoms with Gasteiger partial charge in [0, 0.05) is 32.1 Å². The Morgan fingerprint density at radius 2 is 2.15 bits per heavy atom. The highest BCUT2D eigenvalue weighted by Gasteiger charge is 2.28. The summed E-state index contributed by atoms with van der Waals surface area (Å²) in [7, 11) is 0. The van der Waals surface area contributed by atoms with Crippen LogP contribution in [-0.4, -0.2) is 61.7 Å². The van der Waals surface area contributed by atoms with E-state index >= 15 is 0 Å². The second-order valence-electron chi connectivity index (χ2n) is 6.60. The van der Waals surface area contributed by atoms with E-state index in [4.69, 9.17) is 9.47 Å². The lowest BCUT2D eigenvalue weighted by molar-refractivity contribution is -0.132. The summed E-state index contributed by atoms with van der Waals surface area (Å²) in [6.07, 6.45) is 1.42. The average Bonchev–Trinajstić information content (AvgIpc) is 2.67. The van der Waals surface area contributed by atoms with Gasteiger partial charge >= 0.3 is 6.09 Å². The van der Waals surface area contributed by atoms with Gasteiger partial charge in [-0.1, -0.05) is 12.1 Å². The van der Waals surface area contributed by atoms with Crippen molar-refractivity contribution in [3.63, 3.8) is 0 Å². The quantitative estimate of drug-likeness (QED) is 0.843. The van der Waals surface area contributed by atoms with Gasteiger partial charge < -0.3 is 24.6 Å². The molecule has 0 unspecified atom stereocenters. The highest BCUT2D eigenvalue weighted by Crippen LogP contribution is 2.31. The number of carbonyl (C=O) groups excluding carboxylic acids is 3. The zero-order chi connectivity index (χ0) is 19.2. The minimum atomic E-state index is -0.452. The molecule has 8 nitrogen and oxygen atoms in total. The third kappa shape index (κ3) is 4.69. The van der Waals surface area contributed by atoms with Crippen LogP contribution >= 0.6 is 0 Å². The summed E-state index contributed by atoms with van der Waals surface area (Å²) in [4.78, 5) is 39.8. The van der Waals surface area contributed by atoms with Crippen LogP contribution in [0.3, 0.4) is 0 Å². The predicted molar refractivity (Wildman–Crippen MR) is 98.7 cm³/mol. The van der Waals surface area contributed by atoms with Crippen LogP contribution < -0.4 is 15.0 Å². The van der Waals surface area contributed by atoms with Crippen molar-refractivity contribution in [2.24, 2.45) is 0 Å². The third-order valence-electron chi connectivity index (χ3n) is 4.73. The maximum atomic E-state index is 12.6. The molecule has 0 bridgehead atoms. The van der Waals surface area contributed by atoms with E-state index in [0.29, 0.717) is 37.7 Å². The Hall–Kier alpha value is -2.77. The van der Waals surface area contributed by atoms with Crippen molar-refractivity contribution in [1.82, 2.24) is 10.2 Å². The van der Waals surface area contributed by atoms with Gasteiger partial charge in [-0.15, -0.1) is 0 Å². The number of piperidine rings is 1. The molecule has 3 amide bonds. The van der Waals surface area contributed by atoms with Crippen LogP contribution in [0.25, 0.3) is 0 Å². The van der Waals surface area contributed by atoms with Crippen molar-refractivity contribution in [3.05, 3.63) is 24.3 Å². The number of para-hydroxylation sites is 2. The van der Waals surface area contributed by atoms with Gasteiger partial charge in [-0.25, -0.2) is 4.79 Å². The van der Waals surface area contributed by atoms with Crippen LogP contribution in [0.1, 0.15) is 26.2 Å². The van der Waals surface area contributed by atoms with E-state index in [9.17, 15) is 14.4 Å². The summed E-state index contributed by atoms with van der Waals surface area (Å²) < 4.78 is 10.3. The number of ether oxygens (including phenoxy) is 2. The molecule has 0 saturated carbocycles. The zero-order valence-electron chi connectivity index (χ0n) is 15.5. The summed E-state index contributed by atoms with van der Waals surface area (Å²) in [6, 6.07) is 7.21. The fourth-order valence-electron chi connectivity index (χ4n) is 3.43. The number of likely N-dealkylation sites (tertiary alicyclic amines) is 1. The molecule has 1 fully saturated rings. The van der Waals surface area contributed by atoms with Gasteiger partial charge in [-0.2, -0.15) is 0 Å². The lowest BCUT2D eigenvalue weighted by Crippen LogP contribution is -2.50. The summed E-state index contributed by atoms with van der Waals surface area (Å²) in [5.74, 6) is 0.477. The smallest absolute Gasteiger partial charge is 0.407 e. The molecular weight excluding hydrogens is 350 g/mol. The molecule has 1 aromatic carbocycles. The number of amides is 3. The van der Waals surface area contributed by atoms with Crippen LogP contribution in [-0.2, 0) is 14.3 Å². The van der Waals surface area contributed by atoms with Crippen LogP contribution in [0.2, 0.25) is 0 Å². The molecule has 146 valence electrons. The van der Waals surface area contributed by atoms with E-state index in [1.54, 1.807) is 16.7 Å². The highest BCUT2D eigenvalue weighted by molar-refractivity contribution is 5.98. The minimum absolute atomic E-state index is 0.0134. The number of alkyl carbamates (subject to hydrolysis) is 1. The van der Waals surface area contributed by atoms with Crippen molar-refractivity contribution in [2.45, 2.75) is 32.2 Å². The summed E-state index contributed by atoms with van der Waals surface area (Å²) >= 11 is 0. The minimum Gasteiger partial charge on any atom is -0.482 e. The van der Waals surface area contributed by atoms with Crippen LogP contribution in [0, 0.1) is 0 Å². The van der Waals surface area contributed by atoms with Gasteiger partial charge in [0.15, 0.2) is 6.61 Å². The fourth-order valence-corrected chi connectivity index (χ4v) is 3.43. The molecule has 2 aliphatic heterocycles. The molecule has 1 N–H and O–H groups in total. The lowest BCUT2D eigenvalue weighted by atomic mass is 10.1. The normalized spacial score (nSPS) is 19.1. The van der Waals surface area contributed by atoms with E-state index in [0.717, 1.165) is 12.8 Å². The number of rotatable bonds is 5. The fraction of sp³-hybridized carbons (Fsp3) is 0.526. The first-order valence-electron chi connectivity index (χ1n) is 9.31. The van der Waals surface area contributed by atoms with Crippen molar-refractivity contribution >= 4 is 23.6 Å². The van der Waals surface area contributed by atoms with E-state index in [1.165, 1.54) is 0 Å². The molecule has 1 saturated heterocycles. The highest BCUT2D eigenvalue weighted by atomic mass is 16.5. The van der Waals surface area contributed by atoms with Crippen LogP contribution in [0.4, 0.5) is 10.5 Å². The Kier molecular flexibility index (Phi) is 6.16. The maximum absolute atomic E-state index is 12.6. The summed E-state index contributed by atoms with van der Waals surface area (Å²) in [5.41, 5.74) is 0.696. The maximum Gasteiger partial charge on any atom is 0.407 e.